The molecule has 2 atom stereocenters. The lowest BCUT2D eigenvalue weighted by molar-refractivity contribution is 0.0891. The molecular formula is C16H18FNO3. The number of hydrogen-bond donors (Lipinski definition) is 2. The van der Waals surface area contributed by atoms with Crippen LogP contribution in [0.3, 0.4) is 0 Å². The molecule has 1 aromatic heterocycles. The Hall–Kier alpha value is -1.88. The number of amides is 1. The molecule has 3 rings (SSSR count). The highest BCUT2D eigenvalue weighted by Gasteiger charge is 2.26. The van der Waals surface area contributed by atoms with E-state index in [0.29, 0.717) is 17.5 Å². The Labute approximate surface area is 121 Å². The normalized spacial score (nSPS) is 21.9. The van der Waals surface area contributed by atoms with Gasteiger partial charge >= 0.3 is 0 Å². The predicted octanol–water partition coefficient (Wildman–Crippen LogP) is 2.77. The van der Waals surface area contributed by atoms with Crippen LogP contribution in [0.4, 0.5) is 4.39 Å². The molecule has 0 radical (unpaired) electrons. The Morgan fingerprint density at radius 3 is 2.95 bits per heavy atom. The van der Waals surface area contributed by atoms with Crippen LogP contribution in [0.25, 0.3) is 11.0 Å². The summed E-state index contributed by atoms with van der Waals surface area (Å²) >= 11 is 0. The van der Waals surface area contributed by atoms with E-state index < -0.39 is 5.82 Å². The number of aliphatic hydroxyl groups is 1. The molecule has 0 aliphatic heterocycles. The highest BCUT2D eigenvalue weighted by atomic mass is 19.1. The van der Waals surface area contributed by atoms with E-state index in [9.17, 15) is 14.3 Å². The second-order valence-corrected chi connectivity index (χ2v) is 5.64. The van der Waals surface area contributed by atoms with E-state index in [1.165, 1.54) is 6.07 Å². The van der Waals surface area contributed by atoms with Crippen molar-refractivity contribution in [1.29, 1.82) is 0 Å². The number of carbonyl (C=O) groups excluding carboxylic acids is 1. The van der Waals surface area contributed by atoms with Gasteiger partial charge in [-0.3, -0.25) is 4.79 Å². The summed E-state index contributed by atoms with van der Waals surface area (Å²) in [5.74, 6) is -0.596. The first kappa shape index (κ1) is 14.1. The van der Waals surface area contributed by atoms with Crippen LogP contribution in [0.2, 0.25) is 0 Å². The third-order valence-corrected chi connectivity index (χ3v) is 4.27. The Morgan fingerprint density at radius 1 is 1.48 bits per heavy atom. The van der Waals surface area contributed by atoms with Gasteiger partial charge in [0.1, 0.15) is 0 Å². The number of benzene rings is 1. The molecule has 0 spiro atoms. The van der Waals surface area contributed by atoms with Gasteiger partial charge in [-0.1, -0.05) is 18.6 Å². The molecule has 2 unspecified atom stereocenters. The Kier molecular flexibility index (Phi) is 3.68. The average Bonchev–Trinajstić information content (AvgIpc) is 3.02. The molecule has 4 nitrogen and oxygen atoms in total. The summed E-state index contributed by atoms with van der Waals surface area (Å²) in [7, 11) is 0. The minimum atomic E-state index is -0.471. The van der Waals surface area contributed by atoms with Gasteiger partial charge in [0.25, 0.3) is 5.91 Å². The van der Waals surface area contributed by atoms with E-state index >= 15 is 0 Å². The van der Waals surface area contributed by atoms with Crippen LogP contribution in [0.5, 0.6) is 0 Å². The zero-order valence-corrected chi connectivity index (χ0v) is 11.9. The van der Waals surface area contributed by atoms with Crippen molar-refractivity contribution in [2.75, 3.05) is 6.54 Å². The van der Waals surface area contributed by atoms with Crippen LogP contribution in [-0.2, 0) is 0 Å². The molecule has 0 saturated heterocycles. The van der Waals surface area contributed by atoms with E-state index in [2.05, 4.69) is 5.32 Å². The third kappa shape index (κ3) is 2.53. The molecule has 1 heterocycles. The molecule has 21 heavy (non-hydrogen) atoms. The molecule has 2 N–H and O–H groups in total. The number of aryl methyl sites for hydroxylation is 1. The van der Waals surface area contributed by atoms with Gasteiger partial charge in [-0.15, -0.1) is 0 Å². The molecule has 112 valence electrons. The molecule has 0 bridgehead atoms. The lowest BCUT2D eigenvalue weighted by atomic mass is 10.1. The van der Waals surface area contributed by atoms with Crippen LogP contribution < -0.4 is 5.32 Å². The zero-order chi connectivity index (χ0) is 15.0. The largest absolute Gasteiger partial charge is 0.448 e. The fraction of sp³-hybridized carbons (Fsp3) is 0.438. The SMILES string of the molecule is Cc1c(C(=O)NCC2CCCC2O)oc2c(F)cccc12. The van der Waals surface area contributed by atoms with Crippen molar-refractivity contribution in [3.63, 3.8) is 0 Å². The minimum Gasteiger partial charge on any atom is -0.448 e. The van der Waals surface area contributed by atoms with Crippen molar-refractivity contribution in [2.45, 2.75) is 32.3 Å². The van der Waals surface area contributed by atoms with Crippen LogP contribution in [0.15, 0.2) is 22.6 Å². The van der Waals surface area contributed by atoms with E-state index in [-0.39, 0.29) is 29.3 Å². The molecule has 1 aliphatic rings. The lowest BCUT2D eigenvalue weighted by Gasteiger charge is -2.14. The second kappa shape index (κ2) is 5.48. The maximum absolute atomic E-state index is 13.7. The van der Waals surface area contributed by atoms with Gasteiger partial charge in [-0.2, -0.15) is 0 Å². The quantitative estimate of drug-likeness (QED) is 0.914. The standard InChI is InChI=1S/C16H18FNO3/c1-9-11-5-3-6-12(17)15(11)21-14(9)16(20)18-8-10-4-2-7-13(10)19/h3,5-6,10,13,19H,2,4,7-8H2,1H3,(H,18,20). The van der Waals surface area contributed by atoms with Gasteiger partial charge in [-0.25, -0.2) is 4.39 Å². The van der Waals surface area contributed by atoms with Crippen LogP contribution >= 0.6 is 0 Å². The van der Waals surface area contributed by atoms with Crippen molar-refractivity contribution < 1.29 is 18.7 Å². The van der Waals surface area contributed by atoms with Crippen molar-refractivity contribution in [1.82, 2.24) is 5.32 Å². The fourth-order valence-corrected chi connectivity index (χ4v) is 2.98. The Bertz CT molecular complexity index is 679. The summed E-state index contributed by atoms with van der Waals surface area (Å²) in [6.07, 6.45) is 2.33. The van der Waals surface area contributed by atoms with Gasteiger partial charge in [0, 0.05) is 23.4 Å². The number of nitrogens with one attached hydrogen (secondary N) is 1. The molecule has 1 saturated carbocycles. The number of fused-ring (bicyclic) bond motifs is 1. The maximum atomic E-state index is 13.7. The highest BCUT2D eigenvalue weighted by Crippen LogP contribution is 2.28. The summed E-state index contributed by atoms with van der Waals surface area (Å²) in [6, 6.07) is 4.63. The number of rotatable bonds is 3. The third-order valence-electron chi connectivity index (χ3n) is 4.27. The van der Waals surface area contributed by atoms with Crippen molar-refractivity contribution in [3.8, 4) is 0 Å². The smallest absolute Gasteiger partial charge is 0.287 e. The van der Waals surface area contributed by atoms with Gasteiger partial charge in [-0.05, 0) is 25.8 Å². The Morgan fingerprint density at radius 2 is 2.29 bits per heavy atom. The fourth-order valence-electron chi connectivity index (χ4n) is 2.98. The summed E-state index contributed by atoms with van der Waals surface area (Å²) in [5, 5.41) is 13.1. The summed E-state index contributed by atoms with van der Waals surface area (Å²) in [5.41, 5.74) is 0.745. The molecule has 1 aromatic carbocycles. The number of carbonyl (C=O) groups is 1. The molecule has 1 amide bonds. The topological polar surface area (TPSA) is 62.5 Å². The van der Waals surface area contributed by atoms with Crippen LogP contribution in [0.1, 0.15) is 35.4 Å². The van der Waals surface area contributed by atoms with Gasteiger partial charge in [0.05, 0.1) is 6.10 Å². The van der Waals surface area contributed by atoms with E-state index in [1.54, 1.807) is 19.1 Å². The number of aliphatic hydroxyl groups excluding tert-OH is 1. The summed E-state index contributed by atoms with van der Waals surface area (Å²) < 4.78 is 19.1. The average molecular weight is 291 g/mol. The molecule has 2 aromatic rings. The number of hydrogen-bond acceptors (Lipinski definition) is 3. The predicted molar refractivity (Wildman–Crippen MR) is 76.6 cm³/mol. The highest BCUT2D eigenvalue weighted by molar-refractivity contribution is 5.99. The van der Waals surface area contributed by atoms with Crippen molar-refractivity contribution in [3.05, 3.63) is 35.3 Å². The van der Waals surface area contributed by atoms with E-state index in [4.69, 9.17) is 4.42 Å². The van der Waals surface area contributed by atoms with Crippen LogP contribution in [-0.4, -0.2) is 23.7 Å². The monoisotopic (exact) mass is 291 g/mol. The lowest BCUT2D eigenvalue weighted by Crippen LogP contribution is -2.32. The van der Waals surface area contributed by atoms with Gasteiger partial charge in [0.2, 0.25) is 0 Å². The number of furan rings is 1. The first-order chi connectivity index (χ1) is 10.1. The molecular weight excluding hydrogens is 273 g/mol. The second-order valence-electron chi connectivity index (χ2n) is 5.64. The summed E-state index contributed by atoms with van der Waals surface area (Å²) in [4.78, 5) is 12.2. The van der Waals surface area contributed by atoms with Gasteiger partial charge in [0.15, 0.2) is 17.2 Å². The van der Waals surface area contributed by atoms with Gasteiger partial charge < -0.3 is 14.8 Å². The zero-order valence-electron chi connectivity index (χ0n) is 11.9. The van der Waals surface area contributed by atoms with Crippen LogP contribution in [0, 0.1) is 18.7 Å². The van der Waals surface area contributed by atoms with Crippen molar-refractivity contribution in [2.24, 2.45) is 5.92 Å². The minimum absolute atomic E-state index is 0.0929. The summed E-state index contributed by atoms with van der Waals surface area (Å²) in [6.45, 7) is 2.16. The maximum Gasteiger partial charge on any atom is 0.287 e. The molecule has 1 fully saturated rings. The molecule has 1 aliphatic carbocycles. The van der Waals surface area contributed by atoms with E-state index in [1.807, 2.05) is 0 Å². The first-order valence-electron chi connectivity index (χ1n) is 7.22. The molecule has 5 heteroatoms. The van der Waals surface area contributed by atoms with E-state index in [0.717, 1.165) is 19.3 Å². The first-order valence-corrected chi connectivity index (χ1v) is 7.22. The number of halogens is 1. The van der Waals surface area contributed by atoms with Crippen molar-refractivity contribution >= 4 is 16.9 Å². The Balaban J connectivity index is 1.78. The number of para-hydroxylation sites is 1.